The maximum absolute atomic E-state index is 13.0. The van der Waals surface area contributed by atoms with Crippen LogP contribution < -0.4 is 4.90 Å². The number of carbonyl (C=O) groups is 1. The fourth-order valence-corrected chi connectivity index (χ4v) is 3.38. The van der Waals surface area contributed by atoms with Crippen molar-refractivity contribution in [1.29, 1.82) is 0 Å². The van der Waals surface area contributed by atoms with Gasteiger partial charge in [0.2, 0.25) is 5.95 Å². The minimum absolute atomic E-state index is 0.00510. The number of anilines is 1. The van der Waals surface area contributed by atoms with Crippen molar-refractivity contribution in [2.24, 2.45) is 0 Å². The number of nitrogens with zero attached hydrogens (tertiary/aromatic N) is 5. The molecule has 3 aromatic rings. The molecule has 0 aliphatic carbocycles. The number of amides is 1. The van der Waals surface area contributed by atoms with E-state index in [0.717, 1.165) is 16.6 Å². The summed E-state index contributed by atoms with van der Waals surface area (Å²) in [6, 6.07) is 9.20. The normalized spacial score (nSPS) is 14.7. The molecule has 0 N–H and O–H groups in total. The topological polar surface area (TPSA) is 62.2 Å². The van der Waals surface area contributed by atoms with Crippen LogP contribution in [0.1, 0.15) is 16.1 Å². The van der Waals surface area contributed by atoms with Gasteiger partial charge in [-0.05, 0) is 37.3 Å². The van der Waals surface area contributed by atoms with E-state index < -0.39 is 0 Å². The molecular formula is C19H18ClN5O. The van der Waals surface area contributed by atoms with E-state index in [2.05, 4.69) is 19.9 Å². The van der Waals surface area contributed by atoms with Crippen LogP contribution in [0.2, 0.25) is 5.02 Å². The summed E-state index contributed by atoms with van der Waals surface area (Å²) in [6.07, 6.45) is 3.46. The Balaban J connectivity index is 1.53. The van der Waals surface area contributed by atoms with Crippen LogP contribution in [0.4, 0.5) is 5.95 Å². The first kappa shape index (κ1) is 16.7. The zero-order chi connectivity index (χ0) is 18.1. The summed E-state index contributed by atoms with van der Waals surface area (Å²) in [7, 11) is 0. The van der Waals surface area contributed by atoms with E-state index in [1.165, 1.54) is 0 Å². The van der Waals surface area contributed by atoms with Gasteiger partial charge in [0.05, 0.1) is 16.8 Å². The van der Waals surface area contributed by atoms with Gasteiger partial charge in [0.25, 0.3) is 5.91 Å². The van der Waals surface area contributed by atoms with E-state index in [1.54, 1.807) is 18.5 Å². The first-order chi connectivity index (χ1) is 12.6. The number of fused-ring (bicyclic) bond motifs is 1. The molecule has 7 heteroatoms. The van der Waals surface area contributed by atoms with Gasteiger partial charge in [0.15, 0.2) is 0 Å². The van der Waals surface area contributed by atoms with Crippen molar-refractivity contribution in [2.45, 2.75) is 6.92 Å². The molecule has 0 bridgehead atoms. The van der Waals surface area contributed by atoms with E-state index in [4.69, 9.17) is 11.6 Å². The largest absolute Gasteiger partial charge is 0.337 e. The predicted molar refractivity (Wildman–Crippen MR) is 102 cm³/mol. The lowest BCUT2D eigenvalue weighted by molar-refractivity contribution is 0.0745. The molecule has 0 saturated carbocycles. The number of hydrogen-bond acceptors (Lipinski definition) is 5. The van der Waals surface area contributed by atoms with Crippen molar-refractivity contribution < 1.29 is 4.79 Å². The maximum Gasteiger partial charge on any atom is 0.255 e. The Kier molecular flexibility index (Phi) is 4.42. The van der Waals surface area contributed by atoms with Crippen LogP contribution in [-0.4, -0.2) is 51.9 Å². The highest BCUT2D eigenvalue weighted by Gasteiger charge is 2.24. The molecule has 132 valence electrons. The molecule has 3 heterocycles. The number of halogens is 1. The first-order valence-electron chi connectivity index (χ1n) is 8.50. The molecule has 2 aromatic heterocycles. The van der Waals surface area contributed by atoms with Gasteiger partial charge in [-0.15, -0.1) is 0 Å². The molecule has 1 aromatic carbocycles. The van der Waals surface area contributed by atoms with Gasteiger partial charge in [-0.2, -0.15) is 0 Å². The quantitative estimate of drug-likeness (QED) is 0.696. The number of hydrogen-bond donors (Lipinski definition) is 0. The third kappa shape index (κ3) is 3.20. The summed E-state index contributed by atoms with van der Waals surface area (Å²) in [4.78, 5) is 30.1. The molecule has 6 nitrogen and oxygen atoms in total. The fraction of sp³-hybridized carbons (Fsp3) is 0.263. The lowest BCUT2D eigenvalue weighted by Crippen LogP contribution is -2.49. The van der Waals surface area contributed by atoms with Crippen LogP contribution in [0.5, 0.6) is 0 Å². The molecule has 26 heavy (non-hydrogen) atoms. The predicted octanol–water partition coefficient (Wildman–Crippen LogP) is 2.95. The van der Waals surface area contributed by atoms with Crippen LogP contribution in [0.25, 0.3) is 10.9 Å². The number of benzene rings is 1. The van der Waals surface area contributed by atoms with Crippen LogP contribution in [0.3, 0.4) is 0 Å². The van der Waals surface area contributed by atoms with Gasteiger partial charge in [-0.25, -0.2) is 9.97 Å². The van der Waals surface area contributed by atoms with Crippen LogP contribution in [0.15, 0.2) is 42.7 Å². The van der Waals surface area contributed by atoms with Gasteiger partial charge in [0, 0.05) is 49.0 Å². The van der Waals surface area contributed by atoms with Gasteiger partial charge in [-0.1, -0.05) is 11.6 Å². The van der Waals surface area contributed by atoms with Crippen molar-refractivity contribution in [3.05, 3.63) is 59.0 Å². The average molecular weight is 368 g/mol. The summed E-state index contributed by atoms with van der Waals surface area (Å²) in [5, 5.41) is 1.51. The van der Waals surface area contributed by atoms with Gasteiger partial charge in [-0.3, -0.25) is 9.78 Å². The summed E-state index contributed by atoms with van der Waals surface area (Å²) in [5.41, 5.74) is 2.21. The van der Waals surface area contributed by atoms with E-state index in [9.17, 15) is 4.79 Å². The van der Waals surface area contributed by atoms with Gasteiger partial charge >= 0.3 is 0 Å². The number of pyridine rings is 1. The van der Waals surface area contributed by atoms with Crippen molar-refractivity contribution in [3.8, 4) is 0 Å². The number of rotatable bonds is 2. The van der Waals surface area contributed by atoms with Gasteiger partial charge in [0.1, 0.15) is 0 Å². The molecule has 1 saturated heterocycles. The van der Waals surface area contributed by atoms with Crippen molar-refractivity contribution >= 4 is 34.4 Å². The molecule has 1 aliphatic rings. The monoisotopic (exact) mass is 367 g/mol. The number of aryl methyl sites for hydroxylation is 1. The second kappa shape index (κ2) is 6.88. The van der Waals surface area contributed by atoms with Crippen LogP contribution in [0, 0.1) is 6.92 Å². The number of aromatic nitrogens is 3. The number of piperazine rings is 1. The first-order valence-corrected chi connectivity index (χ1v) is 8.88. The molecule has 1 fully saturated rings. The number of carbonyl (C=O) groups excluding carboxylic acids is 1. The van der Waals surface area contributed by atoms with E-state index in [1.807, 2.05) is 36.1 Å². The minimum Gasteiger partial charge on any atom is -0.337 e. The minimum atomic E-state index is 0.00510. The molecule has 1 aliphatic heterocycles. The van der Waals surface area contributed by atoms with Crippen molar-refractivity contribution in [1.82, 2.24) is 19.9 Å². The van der Waals surface area contributed by atoms with E-state index in [-0.39, 0.29) is 5.91 Å². The van der Waals surface area contributed by atoms with Gasteiger partial charge < -0.3 is 9.80 Å². The Hall–Kier alpha value is -2.73. The van der Waals surface area contributed by atoms with Crippen LogP contribution >= 0.6 is 11.6 Å². The van der Waals surface area contributed by atoms with Crippen molar-refractivity contribution in [3.63, 3.8) is 0 Å². The Morgan fingerprint density at radius 3 is 2.54 bits per heavy atom. The zero-order valence-electron chi connectivity index (χ0n) is 14.4. The highest BCUT2D eigenvalue weighted by Crippen LogP contribution is 2.22. The lowest BCUT2D eigenvalue weighted by atomic mass is 10.1. The molecule has 1 amide bonds. The average Bonchev–Trinajstić information content (AvgIpc) is 2.68. The lowest BCUT2D eigenvalue weighted by Gasteiger charge is -2.34. The Morgan fingerprint density at radius 1 is 1.08 bits per heavy atom. The molecule has 4 rings (SSSR count). The fourth-order valence-electron chi connectivity index (χ4n) is 3.19. The zero-order valence-corrected chi connectivity index (χ0v) is 15.1. The highest BCUT2D eigenvalue weighted by molar-refractivity contribution is 6.31. The van der Waals surface area contributed by atoms with E-state index >= 15 is 0 Å². The molecule has 0 unspecified atom stereocenters. The second-order valence-electron chi connectivity index (χ2n) is 6.29. The molecule has 0 spiro atoms. The maximum atomic E-state index is 13.0. The third-order valence-corrected chi connectivity index (χ3v) is 4.83. The summed E-state index contributed by atoms with van der Waals surface area (Å²) in [5.74, 6) is 0.711. The summed E-state index contributed by atoms with van der Waals surface area (Å²) in [6.45, 7) is 4.55. The third-order valence-electron chi connectivity index (χ3n) is 4.60. The van der Waals surface area contributed by atoms with E-state index in [0.29, 0.717) is 42.7 Å². The Morgan fingerprint density at radius 2 is 1.81 bits per heavy atom. The summed E-state index contributed by atoms with van der Waals surface area (Å²) < 4.78 is 0. The molecular weight excluding hydrogens is 350 g/mol. The molecule has 0 atom stereocenters. The SMILES string of the molecule is Cc1nc2ccc(Cl)cc2cc1C(=O)N1CCN(c2ncccn2)CC1. The Bertz CT molecular complexity index is 955. The smallest absolute Gasteiger partial charge is 0.255 e. The highest BCUT2D eigenvalue weighted by atomic mass is 35.5. The summed E-state index contributed by atoms with van der Waals surface area (Å²) >= 11 is 6.07. The standard InChI is InChI=1S/C19H18ClN5O/c1-13-16(12-14-11-15(20)3-4-17(14)23-13)18(26)24-7-9-25(10-8-24)19-21-5-2-6-22-19/h2-6,11-12H,7-10H2,1H3. The second-order valence-corrected chi connectivity index (χ2v) is 6.72. The molecule has 0 radical (unpaired) electrons. The van der Waals surface area contributed by atoms with Crippen LogP contribution in [-0.2, 0) is 0 Å². The van der Waals surface area contributed by atoms with Crippen molar-refractivity contribution in [2.75, 3.05) is 31.1 Å². The Labute approximate surface area is 156 Å².